The van der Waals surface area contributed by atoms with Crippen LogP contribution in [0.1, 0.15) is 38.5 Å². The number of rotatable bonds is 4. The highest BCUT2D eigenvalue weighted by molar-refractivity contribution is 7.91. The molecule has 1 atom stereocenters. The molecule has 3 rings (SSSR count). The minimum Gasteiger partial charge on any atom is -0.312 e. The van der Waals surface area contributed by atoms with Crippen LogP contribution in [0.25, 0.3) is 0 Å². The molecule has 0 aromatic carbocycles. The van der Waals surface area contributed by atoms with Gasteiger partial charge in [0.05, 0.1) is 11.5 Å². The minimum absolute atomic E-state index is 0.231. The summed E-state index contributed by atoms with van der Waals surface area (Å²) in [6.45, 7) is 1.07. The maximum absolute atomic E-state index is 11.5. The Morgan fingerprint density at radius 3 is 2.50 bits per heavy atom. The summed E-state index contributed by atoms with van der Waals surface area (Å²) in [7, 11) is -2.75. The molecule has 3 fully saturated rings. The first-order chi connectivity index (χ1) is 7.60. The van der Waals surface area contributed by atoms with Gasteiger partial charge >= 0.3 is 0 Å². The van der Waals surface area contributed by atoms with Crippen molar-refractivity contribution in [1.29, 1.82) is 0 Å². The zero-order valence-electron chi connectivity index (χ0n) is 9.74. The van der Waals surface area contributed by atoms with Crippen molar-refractivity contribution in [2.75, 3.05) is 18.1 Å². The normalized spacial score (nSPS) is 35.9. The van der Waals surface area contributed by atoms with Crippen LogP contribution in [0.5, 0.6) is 0 Å². The fraction of sp³-hybridized carbons (Fsp3) is 1.00. The van der Waals surface area contributed by atoms with Crippen molar-refractivity contribution in [2.45, 2.75) is 44.6 Å². The van der Waals surface area contributed by atoms with Gasteiger partial charge in [-0.15, -0.1) is 0 Å². The van der Waals surface area contributed by atoms with Gasteiger partial charge in [-0.1, -0.05) is 0 Å². The standard InChI is InChI=1S/C12H21NO2S/c14-16(15)7-1-2-11(8-16)13-9-12(5-6-12)10-3-4-10/h10-11,13H,1-9H2. The Labute approximate surface area is 97.9 Å². The molecule has 0 aromatic heterocycles. The first kappa shape index (κ1) is 11.0. The first-order valence-corrected chi connectivity index (χ1v) is 8.36. The van der Waals surface area contributed by atoms with Gasteiger partial charge in [0.15, 0.2) is 9.84 Å². The Balaban J connectivity index is 1.51. The molecule has 0 aromatic rings. The Hall–Kier alpha value is -0.0900. The third kappa shape index (κ3) is 2.28. The lowest BCUT2D eigenvalue weighted by atomic mass is 10.00. The molecular formula is C12H21NO2S. The maximum Gasteiger partial charge on any atom is 0.151 e. The van der Waals surface area contributed by atoms with E-state index in [0.717, 1.165) is 25.3 Å². The Bertz CT molecular complexity index is 368. The highest BCUT2D eigenvalue weighted by Gasteiger charge is 2.53. The van der Waals surface area contributed by atoms with Crippen molar-refractivity contribution in [2.24, 2.45) is 11.3 Å². The monoisotopic (exact) mass is 243 g/mol. The average molecular weight is 243 g/mol. The molecule has 0 bridgehead atoms. The first-order valence-electron chi connectivity index (χ1n) is 6.54. The third-order valence-corrected chi connectivity index (χ3v) is 6.36. The molecule has 2 aliphatic carbocycles. The van der Waals surface area contributed by atoms with E-state index in [1.54, 1.807) is 0 Å². The van der Waals surface area contributed by atoms with Crippen LogP contribution in [-0.2, 0) is 9.84 Å². The van der Waals surface area contributed by atoms with E-state index in [-0.39, 0.29) is 6.04 Å². The van der Waals surface area contributed by atoms with E-state index in [2.05, 4.69) is 5.32 Å². The smallest absolute Gasteiger partial charge is 0.151 e. The van der Waals surface area contributed by atoms with E-state index in [9.17, 15) is 8.42 Å². The molecular weight excluding hydrogens is 222 g/mol. The molecule has 3 nitrogen and oxygen atoms in total. The van der Waals surface area contributed by atoms with Crippen LogP contribution in [-0.4, -0.2) is 32.5 Å². The second-order valence-corrected chi connectivity index (χ2v) is 8.20. The zero-order chi connectivity index (χ0) is 11.2. The summed E-state index contributed by atoms with van der Waals surface area (Å²) < 4.78 is 23.0. The Kier molecular flexibility index (Phi) is 2.55. The quantitative estimate of drug-likeness (QED) is 0.810. The van der Waals surface area contributed by atoms with Gasteiger partial charge in [0, 0.05) is 12.6 Å². The molecule has 4 heteroatoms. The summed E-state index contributed by atoms with van der Waals surface area (Å²) in [5.41, 5.74) is 0.585. The van der Waals surface area contributed by atoms with Gasteiger partial charge in [0.25, 0.3) is 0 Å². The van der Waals surface area contributed by atoms with E-state index >= 15 is 0 Å². The van der Waals surface area contributed by atoms with Gasteiger partial charge in [-0.3, -0.25) is 0 Å². The molecule has 0 spiro atoms. The van der Waals surface area contributed by atoms with Crippen LogP contribution in [0.15, 0.2) is 0 Å². The lowest BCUT2D eigenvalue weighted by Crippen LogP contribution is -2.42. The molecule has 1 unspecified atom stereocenters. The van der Waals surface area contributed by atoms with Gasteiger partial charge in [0.1, 0.15) is 0 Å². The average Bonchev–Trinajstić information content (AvgIpc) is 3.06. The minimum atomic E-state index is -2.75. The number of nitrogens with one attached hydrogen (secondary N) is 1. The van der Waals surface area contributed by atoms with E-state index in [0.29, 0.717) is 16.9 Å². The van der Waals surface area contributed by atoms with E-state index in [4.69, 9.17) is 0 Å². The van der Waals surface area contributed by atoms with Gasteiger partial charge in [-0.05, 0) is 49.9 Å². The molecule has 0 amide bonds. The van der Waals surface area contributed by atoms with Crippen molar-refractivity contribution in [3.8, 4) is 0 Å². The van der Waals surface area contributed by atoms with Crippen molar-refractivity contribution in [3.63, 3.8) is 0 Å². The molecule has 92 valence electrons. The van der Waals surface area contributed by atoms with Crippen molar-refractivity contribution in [3.05, 3.63) is 0 Å². The highest BCUT2D eigenvalue weighted by Crippen LogP contribution is 2.60. The number of sulfone groups is 1. The van der Waals surface area contributed by atoms with Crippen LogP contribution >= 0.6 is 0 Å². The van der Waals surface area contributed by atoms with Gasteiger partial charge in [-0.25, -0.2) is 8.42 Å². The van der Waals surface area contributed by atoms with Crippen molar-refractivity contribution < 1.29 is 8.42 Å². The zero-order valence-corrected chi connectivity index (χ0v) is 10.6. The summed E-state index contributed by atoms with van der Waals surface area (Å²) in [4.78, 5) is 0. The summed E-state index contributed by atoms with van der Waals surface area (Å²) in [6, 6.07) is 0.231. The topological polar surface area (TPSA) is 46.2 Å². The molecule has 1 saturated heterocycles. The lowest BCUT2D eigenvalue weighted by Gasteiger charge is -2.25. The van der Waals surface area contributed by atoms with Crippen LogP contribution in [0.3, 0.4) is 0 Å². The van der Waals surface area contributed by atoms with Crippen LogP contribution in [0.4, 0.5) is 0 Å². The molecule has 1 aliphatic heterocycles. The fourth-order valence-electron chi connectivity index (χ4n) is 3.12. The molecule has 1 heterocycles. The van der Waals surface area contributed by atoms with Crippen LogP contribution in [0, 0.1) is 11.3 Å². The van der Waals surface area contributed by atoms with Crippen molar-refractivity contribution in [1.82, 2.24) is 5.32 Å². The number of hydrogen-bond donors (Lipinski definition) is 1. The van der Waals surface area contributed by atoms with Crippen molar-refractivity contribution >= 4 is 9.84 Å². The molecule has 1 N–H and O–H groups in total. The fourth-order valence-corrected chi connectivity index (χ4v) is 4.79. The SMILES string of the molecule is O=S1(=O)CCCC(NCC2(C3CC3)CC2)C1. The predicted octanol–water partition coefficient (Wildman–Crippen LogP) is 1.34. The predicted molar refractivity (Wildman–Crippen MR) is 64.1 cm³/mol. The lowest BCUT2D eigenvalue weighted by molar-refractivity contribution is 0.367. The van der Waals surface area contributed by atoms with Gasteiger partial charge in [-0.2, -0.15) is 0 Å². The summed E-state index contributed by atoms with van der Waals surface area (Å²) in [6.07, 6.45) is 7.43. The molecule has 3 aliphatic rings. The third-order valence-electron chi connectivity index (χ3n) is 4.54. The maximum atomic E-state index is 11.5. The van der Waals surface area contributed by atoms with E-state index in [1.165, 1.54) is 25.7 Å². The summed E-state index contributed by atoms with van der Waals surface area (Å²) >= 11 is 0. The second-order valence-electron chi connectivity index (χ2n) is 5.97. The summed E-state index contributed by atoms with van der Waals surface area (Å²) in [5, 5.41) is 3.52. The second kappa shape index (κ2) is 3.70. The van der Waals surface area contributed by atoms with E-state index < -0.39 is 9.84 Å². The summed E-state index contributed by atoms with van der Waals surface area (Å²) in [5.74, 6) is 1.73. The molecule has 2 saturated carbocycles. The number of hydrogen-bond acceptors (Lipinski definition) is 3. The van der Waals surface area contributed by atoms with Crippen LogP contribution in [0.2, 0.25) is 0 Å². The molecule has 16 heavy (non-hydrogen) atoms. The molecule has 0 radical (unpaired) electrons. The highest BCUT2D eigenvalue weighted by atomic mass is 32.2. The van der Waals surface area contributed by atoms with E-state index in [1.807, 2.05) is 0 Å². The largest absolute Gasteiger partial charge is 0.312 e. The van der Waals surface area contributed by atoms with Gasteiger partial charge in [0.2, 0.25) is 0 Å². The Morgan fingerprint density at radius 1 is 1.19 bits per heavy atom. The van der Waals surface area contributed by atoms with Crippen LogP contribution < -0.4 is 5.32 Å². The Morgan fingerprint density at radius 2 is 1.94 bits per heavy atom. The van der Waals surface area contributed by atoms with Gasteiger partial charge < -0.3 is 5.32 Å².